The SMILES string of the molecule is COc1ccc(/C=N/Nc2nc3ccccc3nc2Cc2ccccc2)cc1. The molecule has 0 amide bonds. The zero-order chi connectivity index (χ0) is 19.2. The number of hydrogen-bond acceptors (Lipinski definition) is 5. The molecule has 0 spiro atoms. The molecule has 1 aromatic heterocycles. The molecule has 0 bridgehead atoms. The molecule has 0 unspecified atom stereocenters. The number of nitrogens with zero attached hydrogens (tertiary/aromatic N) is 3. The van der Waals surface area contributed by atoms with Gasteiger partial charge >= 0.3 is 0 Å². The fraction of sp³-hybridized carbons (Fsp3) is 0.0870. The number of rotatable bonds is 6. The quantitative estimate of drug-likeness (QED) is 0.397. The van der Waals surface area contributed by atoms with Crippen LogP contribution in [0.4, 0.5) is 5.82 Å². The summed E-state index contributed by atoms with van der Waals surface area (Å²) < 4.78 is 5.18. The molecule has 0 aliphatic rings. The van der Waals surface area contributed by atoms with Crippen molar-refractivity contribution in [2.45, 2.75) is 6.42 Å². The van der Waals surface area contributed by atoms with Crippen molar-refractivity contribution in [3.8, 4) is 5.75 Å². The number of anilines is 1. The van der Waals surface area contributed by atoms with Crippen molar-refractivity contribution in [3.05, 3.63) is 95.7 Å². The fourth-order valence-electron chi connectivity index (χ4n) is 2.90. The van der Waals surface area contributed by atoms with Gasteiger partial charge in [0.25, 0.3) is 0 Å². The number of hydrazone groups is 1. The summed E-state index contributed by atoms with van der Waals surface area (Å²) in [6.45, 7) is 0. The second-order valence-corrected chi connectivity index (χ2v) is 6.31. The van der Waals surface area contributed by atoms with E-state index in [1.54, 1.807) is 13.3 Å². The average molecular weight is 368 g/mol. The third kappa shape index (κ3) is 4.15. The average Bonchev–Trinajstić information content (AvgIpc) is 2.75. The summed E-state index contributed by atoms with van der Waals surface area (Å²) in [6, 6.07) is 25.8. The first-order valence-corrected chi connectivity index (χ1v) is 9.04. The van der Waals surface area contributed by atoms with Crippen LogP contribution in [0.1, 0.15) is 16.8 Å². The van der Waals surface area contributed by atoms with E-state index >= 15 is 0 Å². The number of methoxy groups -OCH3 is 1. The molecule has 0 atom stereocenters. The van der Waals surface area contributed by atoms with Crippen molar-refractivity contribution in [1.29, 1.82) is 0 Å². The molecule has 4 rings (SSSR count). The molecule has 5 nitrogen and oxygen atoms in total. The van der Waals surface area contributed by atoms with Gasteiger partial charge in [-0.05, 0) is 47.5 Å². The van der Waals surface area contributed by atoms with Crippen LogP contribution in [0.25, 0.3) is 11.0 Å². The van der Waals surface area contributed by atoms with Crippen LogP contribution in [0.5, 0.6) is 5.75 Å². The summed E-state index contributed by atoms with van der Waals surface area (Å²) in [7, 11) is 1.65. The highest BCUT2D eigenvalue weighted by Crippen LogP contribution is 2.20. The van der Waals surface area contributed by atoms with Crippen molar-refractivity contribution in [2.24, 2.45) is 5.10 Å². The highest BCUT2D eigenvalue weighted by molar-refractivity contribution is 5.81. The lowest BCUT2D eigenvalue weighted by atomic mass is 10.1. The first kappa shape index (κ1) is 17.7. The maximum atomic E-state index is 5.18. The third-order valence-corrected chi connectivity index (χ3v) is 4.36. The molecule has 138 valence electrons. The van der Waals surface area contributed by atoms with E-state index in [0.29, 0.717) is 12.2 Å². The van der Waals surface area contributed by atoms with Gasteiger partial charge < -0.3 is 4.74 Å². The lowest BCUT2D eigenvalue weighted by Gasteiger charge is -2.09. The minimum atomic E-state index is 0.660. The minimum absolute atomic E-state index is 0.660. The van der Waals surface area contributed by atoms with Crippen molar-refractivity contribution < 1.29 is 4.74 Å². The first-order chi connectivity index (χ1) is 13.8. The molecule has 0 saturated carbocycles. The van der Waals surface area contributed by atoms with Crippen LogP contribution in [0.15, 0.2) is 84.0 Å². The van der Waals surface area contributed by atoms with Crippen LogP contribution < -0.4 is 10.2 Å². The van der Waals surface area contributed by atoms with Gasteiger partial charge in [0.15, 0.2) is 5.82 Å². The van der Waals surface area contributed by atoms with Gasteiger partial charge in [0.1, 0.15) is 5.75 Å². The van der Waals surface area contributed by atoms with Crippen LogP contribution in [0.3, 0.4) is 0 Å². The minimum Gasteiger partial charge on any atom is -0.497 e. The van der Waals surface area contributed by atoms with E-state index in [1.165, 1.54) is 5.56 Å². The number of hydrogen-bond donors (Lipinski definition) is 1. The van der Waals surface area contributed by atoms with Crippen LogP contribution in [-0.2, 0) is 6.42 Å². The van der Waals surface area contributed by atoms with E-state index in [4.69, 9.17) is 14.7 Å². The molecule has 0 fully saturated rings. The van der Waals surface area contributed by atoms with Gasteiger partial charge in [0.2, 0.25) is 0 Å². The molecular weight excluding hydrogens is 348 g/mol. The van der Waals surface area contributed by atoms with Gasteiger partial charge in [-0.3, -0.25) is 5.43 Å². The van der Waals surface area contributed by atoms with E-state index in [2.05, 4.69) is 22.7 Å². The van der Waals surface area contributed by atoms with Gasteiger partial charge in [-0.15, -0.1) is 0 Å². The Balaban J connectivity index is 1.61. The number of benzene rings is 3. The zero-order valence-corrected chi connectivity index (χ0v) is 15.5. The number of fused-ring (bicyclic) bond motifs is 1. The highest BCUT2D eigenvalue weighted by Gasteiger charge is 2.09. The maximum absolute atomic E-state index is 5.18. The summed E-state index contributed by atoms with van der Waals surface area (Å²) in [5.41, 5.74) is 7.77. The molecule has 0 radical (unpaired) electrons. The molecule has 1 heterocycles. The highest BCUT2D eigenvalue weighted by atomic mass is 16.5. The molecular formula is C23H20N4O. The standard InChI is InChI=1S/C23H20N4O/c1-28-19-13-11-18(12-14-19)16-24-27-23-22(15-17-7-3-2-4-8-17)25-20-9-5-6-10-21(20)26-23/h2-14,16H,15H2,1H3,(H,26,27)/b24-16+. The van der Waals surface area contributed by atoms with E-state index in [9.17, 15) is 0 Å². The Morgan fingerprint density at radius 1 is 0.857 bits per heavy atom. The van der Waals surface area contributed by atoms with Gasteiger partial charge in [0, 0.05) is 6.42 Å². The van der Waals surface area contributed by atoms with Crippen LogP contribution >= 0.6 is 0 Å². The monoisotopic (exact) mass is 368 g/mol. The van der Waals surface area contributed by atoms with E-state index in [1.807, 2.05) is 66.7 Å². The summed E-state index contributed by atoms with van der Waals surface area (Å²) in [5, 5.41) is 4.36. The Labute approximate surface area is 163 Å². The third-order valence-electron chi connectivity index (χ3n) is 4.36. The second-order valence-electron chi connectivity index (χ2n) is 6.31. The second kappa shape index (κ2) is 8.31. The summed E-state index contributed by atoms with van der Waals surface area (Å²) in [4.78, 5) is 9.53. The Kier molecular flexibility index (Phi) is 5.24. The molecule has 28 heavy (non-hydrogen) atoms. The lowest BCUT2D eigenvalue weighted by molar-refractivity contribution is 0.415. The maximum Gasteiger partial charge on any atom is 0.169 e. The summed E-state index contributed by atoms with van der Waals surface area (Å²) in [6.07, 6.45) is 2.43. The lowest BCUT2D eigenvalue weighted by Crippen LogP contribution is -2.03. The zero-order valence-electron chi connectivity index (χ0n) is 15.5. The normalized spacial score (nSPS) is 11.0. The summed E-state index contributed by atoms with van der Waals surface area (Å²) >= 11 is 0. The molecule has 3 aromatic carbocycles. The number of para-hydroxylation sites is 2. The number of ether oxygens (including phenoxy) is 1. The molecule has 1 N–H and O–H groups in total. The van der Waals surface area contributed by atoms with Gasteiger partial charge in [-0.2, -0.15) is 5.10 Å². The van der Waals surface area contributed by atoms with E-state index in [0.717, 1.165) is 28.0 Å². The topological polar surface area (TPSA) is 59.4 Å². The van der Waals surface area contributed by atoms with Crippen molar-refractivity contribution in [1.82, 2.24) is 9.97 Å². The largest absolute Gasteiger partial charge is 0.497 e. The van der Waals surface area contributed by atoms with Gasteiger partial charge in [-0.1, -0.05) is 42.5 Å². The Morgan fingerprint density at radius 2 is 1.54 bits per heavy atom. The molecule has 0 saturated heterocycles. The molecule has 5 heteroatoms. The Bertz CT molecular complexity index is 1090. The van der Waals surface area contributed by atoms with E-state index in [-0.39, 0.29) is 0 Å². The first-order valence-electron chi connectivity index (χ1n) is 9.04. The fourth-order valence-corrected chi connectivity index (χ4v) is 2.90. The summed E-state index contributed by atoms with van der Waals surface area (Å²) in [5.74, 6) is 1.47. The van der Waals surface area contributed by atoms with E-state index < -0.39 is 0 Å². The molecule has 0 aliphatic heterocycles. The van der Waals surface area contributed by atoms with Gasteiger partial charge in [0.05, 0.1) is 30.1 Å². The number of aromatic nitrogens is 2. The van der Waals surface area contributed by atoms with Crippen molar-refractivity contribution in [2.75, 3.05) is 12.5 Å². The van der Waals surface area contributed by atoms with Crippen LogP contribution in [-0.4, -0.2) is 23.3 Å². The predicted molar refractivity (Wildman–Crippen MR) is 113 cm³/mol. The van der Waals surface area contributed by atoms with Crippen LogP contribution in [0, 0.1) is 0 Å². The van der Waals surface area contributed by atoms with Crippen molar-refractivity contribution >= 4 is 23.1 Å². The molecule has 4 aromatic rings. The number of nitrogens with one attached hydrogen (secondary N) is 1. The molecule has 0 aliphatic carbocycles. The Morgan fingerprint density at radius 3 is 2.25 bits per heavy atom. The van der Waals surface area contributed by atoms with Gasteiger partial charge in [-0.25, -0.2) is 9.97 Å². The van der Waals surface area contributed by atoms with Crippen molar-refractivity contribution in [3.63, 3.8) is 0 Å². The predicted octanol–water partition coefficient (Wildman–Crippen LogP) is 4.68. The Hall–Kier alpha value is -3.73. The van der Waals surface area contributed by atoms with Crippen LogP contribution in [0.2, 0.25) is 0 Å². The smallest absolute Gasteiger partial charge is 0.169 e.